The Labute approximate surface area is 312 Å². The van der Waals surface area contributed by atoms with Crippen LogP contribution >= 0.6 is 0 Å². The SMILES string of the molecule is COCCCN1C(=O)COc2ccc(COC3CN(C(=O)OCc4ccccc4)CCC3c3ccc(C(=O)NCCOc4cc(F)ccc4F)cc3)cc21. The van der Waals surface area contributed by atoms with Gasteiger partial charge in [0.1, 0.15) is 24.8 Å². The topological polar surface area (TPSA) is 116 Å². The highest BCUT2D eigenvalue weighted by Crippen LogP contribution is 2.35. The summed E-state index contributed by atoms with van der Waals surface area (Å²) in [5, 5.41) is 2.73. The van der Waals surface area contributed by atoms with E-state index in [0.717, 1.165) is 34.9 Å². The molecule has 0 saturated carbocycles. The van der Waals surface area contributed by atoms with Crippen LogP contribution in [0.15, 0.2) is 91.0 Å². The summed E-state index contributed by atoms with van der Waals surface area (Å²) in [7, 11) is 1.62. The van der Waals surface area contributed by atoms with E-state index in [1.54, 1.807) is 29.0 Å². The van der Waals surface area contributed by atoms with Crippen molar-refractivity contribution in [3.05, 3.63) is 125 Å². The zero-order chi connectivity index (χ0) is 37.9. The number of halogens is 2. The van der Waals surface area contributed by atoms with Gasteiger partial charge >= 0.3 is 6.09 Å². The van der Waals surface area contributed by atoms with Gasteiger partial charge in [-0.3, -0.25) is 9.59 Å². The Kier molecular flexibility index (Phi) is 13.1. The fourth-order valence-corrected chi connectivity index (χ4v) is 6.49. The summed E-state index contributed by atoms with van der Waals surface area (Å²) in [5.74, 6) is -1.50. The molecule has 1 fully saturated rings. The van der Waals surface area contributed by atoms with Crippen molar-refractivity contribution >= 4 is 23.6 Å². The molecule has 6 rings (SSSR count). The van der Waals surface area contributed by atoms with Gasteiger partial charge in [0.15, 0.2) is 18.2 Å². The molecule has 4 aromatic rings. The van der Waals surface area contributed by atoms with Crippen molar-refractivity contribution in [2.24, 2.45) is 0 Å². The summed E-state index contributed by atoms with van der Waals surface area (Å²) < 4.78 is 55.6. The van der Waals surface area contributed by atoms with Crippen LogP contribution in [0, 0.1) is 11.6 Å². The summed E-state index contributed by atoms with van der Waals surface area (Å²) in [6.07, 6.45) is 0.410. The van der Waals surface area contributed by atoms with Gasteiger partial charge in [-0.05, 0) is 65.9 Å². The Bertz CT molecular complexity index is 1900. The largest absolute Gasteiger partial charge is 0.489 e. The molecule has 13 heteroatoms. The van der Waals surface area contributed by atoms with Gasteiger partial charge in [-0.15, -0.1) is 0 Å². The molecule has 3 amide bonds. The van der Waals surface area contributed by atoms with Crippen LogP contribution in [-0.2, 0) is 32.2 Å². The Balaban J connectivity index is 1.12. The van der Waals surface area contributed by atoms with E-state index in [2.05, 4.69) is 5.32 Å². The number of fused-ring (bicyclic) bond motifs is 1. The normalized spacial score (nSPS) is 16.7. The summed E-state index contributed by atoms with van der Waals surface area (Å²) in [6.45, 7) is 2.12. The highest BCUT2D eigenvalue weighted by molar-refractivity contribution is 5.98. The molecule has 2 aliphatic rings. The predicted octanol–water partition coefficient (Wildman–Crippen LogP) is 6.25. The number of carbonyl (C=O) groups excluding carboxylic acids is 3. The zero-order valence-electron chi connectivity index (χ0n) is 30.0. The summed E-state index contributed by atoms with van der Waals surface area (Å²) >= 11 is 0. The first-order valence-electron chi connectivity index (χ1n) is 17.9. The molecule has 11 nitrogen and oxygen atoms in total. The third kappa shape index (κ3) is 9.91. The average molecular weight is 744 g/mol. The van der Waals surface area contributed by atoms with E-state index in [1.807, 2.05) is 60.7 Å². The Morgan fingerprint density at radius 3 is 2.54 bits per heavy atom. The molecule has 0 aromatic heterocycles. The van der Waals surface area contributed by atoms with Gasteiger partial charge in [0.05, 0.1) is 31.5 Å². The number of ether oxygens (including phenoxy) is 5. The number of rotatable bonds is 15. The molecule has 2 heterocycles. The molecule has 0 aliphatic carbocycles. The Morgan fingerprint density at radius 2 is 1.74 bits per heavy atom. The Hall–Kier alpha value is -5.53. The summed E-state index contributed by atoms with van der Waals surface area (Å²) in [5.41, 5.74) is 3.75. The summed E-state index contributed by atoms with van der Waals surface area (Å²) in [6, 6.07) is 25.2. The zero-order valence-corrected chi connectivity index (χ0v) is 30.0. The van der Waals surface area contributed by atoms with Crippen LogP contribution in [0.5, 0.6) is 11.5 Å². The first kappa shape index (κ1) is 38.2. The van der Waals surface area contributed by atoms with Crippen molar-refractivity contribution in [3.63, 3.8) is 0 Å². The smallest absolute Gasteiger partial charge is 0.410 e. The maximum Gasteiger partial charge on any atom is 0.410 e. The number of carbonyl (C=O) groups is 3. The predicted molar refractivity (Wildman–Crippen MR) is 196 cm³/mol. The van der Waals surface area contributed by atoms with E-state index < -0.39 is 23.8 Å². The van der Waals surface area contributed by atoms with Gasteiger partial charge < -0.3 is 38.8 Å². The van der Waals surface area contributed by atoms with Crippen molar-refractivity contribution < 1.29 is 46.8 Å². The second-order valence-electron chi connectivity index (χ2n) is 13.0. The first-order valence-corrected chi connectivity index (χ1v) is 17.9. The molecule has 54 heavy (non-hydrogen) atoms. The second-order valence-corrected chi connectivity index (χ2v) is 13.0. The van der Waals surface area contributed by atoms with Crippen LogP contribution in [0.25, 0.3) is 0 Å². The monoisotopic (exact) mass is 743 g/mol. The fraction of sp³-hybridized carbons (Fsp3) is 0.341. The molecule has 4 aromatic carbocycles. The number of nitrogens with zero attached hydrogens (tertiary/aromatic N) is 2. The van der Waals surface area contributed by atoms with Gasteiger partial charge in [-0.2, -0.15) is 0 Å². The summed E-state index contributed by atoms with van der Waals surface area (Å²) in [4.78, 5) is 42.2. The molecule has 1 N–H and O–H groups in total. The van der Waals surface area contributed by atoms with Crippen LogP contribution in [-0.4, -0.2) is 82.0 Å². The number of piperidine rings is 1. The van der Waals surface area contributed by atoms with Gasteiger partial charge in [-0.25, -0.2) is 13.6 Å². The molecule has 2 atom stereocenters. The molecule has 1 saturated heterocycles. The van der Waals surface area contributed by atoms with Crippen LogP contribution < -0.4 is 19.7 Å². The van der Waals surface area contributed by atoms with E-state index in [0.29, 0.717) is 49.5 Å². The molecule has 0 spiro atoms. The minimum Gasteiger partial charge on any atom is -0.489 e. The number of hydrogen-bond donors (Lipinski definition) is 1. The van der Waals surface area contributed by atoms with Crippen molar-refractivity contribution in [2.75, 3.05) is 58.0 Å². The van der Waals surface area contributed by atoms with Crippen LogP contribution in [0.3, 0.4) is 0 Å². The lowest BCUT2D eigenvalue weighted by Crippen LogP contribution is -2.47. The number of benzene rings is 4. The molecule has 284 valence electrons. The number of hydrogen-bond acceptors (Lipinski definition) is 8. The standard InChI is InChI=1S/C41H43F2N3O8/c1-50-20-5-18-46-35-22-29(8-15-36(35)53-27-39(46)47)26-52-38-24-45(41(49)54-25-28-6-3-2-4-7-28)19-16-33(38)30-9-11-31(12-10-30)40(48)44-17-21-51-37-23-32(42)13-14-34(37)43/h2-4,6-15,22-23,33,38H,5,16-21,24-27H2,1H3,(H,44,48). The number of methoxy groups -OCH3 is 1. The van der Waals surface area contributed by atoms with Crippen LogP contribution in [0.4, 0.5) is 19.3 Å². The van der Waals surface area contributed by atoms with Crippen molar-refractivity contribution in [3.8, 4) is 11.5 Å². The lowest BCUT2D eigenvalue weighted by atomic mass is 9.86. The van der Waals surface area contributed by atoms with E-state index in [9.17, 15) is 23.2 Å². The molecule has 2 unspecified atom stereocenters. The molecule has 0 radical (unpaired) electrons. The van der Waals surface area contributed by atoms with Crippen LogP contribution in [0.1, 0.15) is 45.8 Å². The quantitative estimate of drug-likeness (QED) is 0.142. The first-order chi connectivity index (χ1) is 26.3. The fourth-order valence-electron chi connectivity index (χ4n) is 6.49. The van der Waals surface area contributed by atoms with Gasteiger partial charge in [0.25, 0.3) is 11.8 Å². The maximum atomic E-state index is 13.8. The van der Waals surface area contributed by atoms with E-state index >= 15 is 0 Å². The maximum absolute atomic E-state index is 13.8. The van der Waals surface area contributed by atoms with E-state index in [1.165, 1.54) is 0 Å². The number of likely N-dealkylation sites (tertiary alicyclic amines) is 1. The number of amides is 3. The highest BCUT2D eigenvalue weighted by atomic mass is 19.1. The third-order valence-electron chi connectivity index (χ3n) is 9.32. The molecule has 2 aliphatic heterocycles. The highest BCUT2D eigenvalue weighted by Gasteiger charge is 2.34. The lowest BCUT2D eigenvalue weighted by molar-refractivity contribution is -0.121. The van der Waals surface area contributed by atoms with Gasteiger partial charge in [0.2, 0.25) is 0 Å². The van der Waals surface area contributed by atoms with E-state index in [-0.39, 0.29) is 63.0 Å². The molecular weight excluding hydrogens is 700 g/mol. The molecule has 0 bridgehead atoms. The average Bonchev–Trinajstić information content (AvgIpc) is 3.20. The minimum absolute atomic E-state index is 0.0254. The Morgan fingerprint density at radius 1 is 0.926 bits per heavy atom. The van der Waals surface area contributed by atoms with Crippen molar-refractivity contribution in [2.45, 2.75) is 38.1 Å². The van der Waals surface area contributed by atoms with Crippen molar-refractivity contribution in [1.82, 2.24) is 10.2 Å². The van der Waals surface area contributed by atoms with Gasteiger partial charge in [0, 0.05) is 44.4 Å². The number of nitrogens with one attached hydrogen (secondary N) is 1. The van der Waals surface area contributed by atoms with Crippen LogP contribution in [0.2, 0.25) is 0 Å². The van der Waals surface area contributed by atoms with Gasteiger partial charge in [-0.1, -0.05) is 48.5 Å². The minimum atomic E-state index is -0.690. The van der Waals surface area contributed by atoms with Crippen molar-refractivity contribution in [1.29, 1.82) is 0 Å². The lowest BCUT2D eigenvalue weighted by Gasteiger charge is -2.38. The third-order valence-corrected chi connectivity index (χ3v) is 9.32. The second kappa shape index (κ2) is 18.5. The van der Waals surface area contributed by atoms with E-state index in [4.69, 9.17) is 23.7 Å². The number of anilines is 1. The molecular formula is C41H43F2N3O8.